The maximum absolute atomic E-state index is 13.0. The molecule has 4 rings (SSSR count). The van der Waals surface area contributed by atoms with E-state index in [0.29, 0.717) is 17.8 Å². The minimum atomic E-state index is -0.367. The van der Waals surface area contributed by atoms with E-state index in [9.17, 15) is 18.8 Å². The van der Waals surface area contributed by atoms with E-state index in [1.807, 2.05) is 0 Å². The highest BCUT2D eigenvalue weighted by atomic mass is 19.1. The molecule has 2 N–H and O–H groups in total. The van der Waals surface area contributed by atoms with Crippen LogP contribution < -0.4 is 16.3 Å². The third-order valence-electron chi connectivity index (χ3n) is 5.37. The van der Waals surface area contributed by atoms with Gasteiger partial charge in [-0.15, -0.1) is 0 Å². The Morgan fingerprint density at radius 1 is 1.00 bits per heavy atom. The molecule has 1 aliphatic rings. The van der Waals surface area contributed by atoms with E-state index in [2.05, 4.69) is 15.7 Å². The Kier molecular flexibility index (Phi) is 6.44. The number of carbonyl (C=O) groups is 2. The number of aryl methyl sites for hydroxylation is 1. The first-order valence-corrected chi connectivity index (χ1v) is 10.6. The van der Waals surface area contributed by atoms with Gasteiger partial charge in [0.2, 0.25) is 5.91 Å². The molecule has 0 fully saturated rings. The highest BCUT2D eigenvalue weighted by Crippen LogP contribution is 2.12. The summed E-state index contributed by atoms with van der Waals surface area (Å²) in [5.41, 5.74) is 1.47. The summed E-state index contributed by atoms with van der Waals surface area (Å²) in [4.78, 5) is 37.2. The molecule has 8 nitrogen and oxygen atoms in total. The topological polar surface area (TPSA) is 98.0 Å². The van der Waals surface area contributed by atoms with E-state index in [4.69, 9.17) is 0 Å². The summed E-state index contributed by atoms with van der Waals surface area (Å²) in [6.45, 7) is 0.750. The first kappa shape index (κ1) is 21.5. The van der Waals surface area contributed by atoms with Crippen LogP contribution in [0, 0.1) is 5.82 Å². The van der Waals surface area contributed by atoms with E-state index in [-0.39, 0.29) is 36.4 Å². The highest BCUT2D eigenvalue weighted by molar-refractivity contribution is 5.95. The number of nitrogens with one attached hydrogen (secondary N) is 2. The van der Waals surface area contributed by atoms with Gasteiger partial charge in [-0.3, -0.25) is 14.2 Å². The molecule has 0 aliphatic carbocycles. The number of amides is 2. The molecule has 9 heteroatoms. The minimum Gasteiger partial charge on any atom is -0.348 e. The Hall–Kier alpha value is -3.75. The number of halogens is 1. The average molecular weight is 437 g/mol. The number of rotatable bonds is 6. The van der Waals surface area contributed by atoms with Crippen LogP contribution in [0.25, 0.3) is 0 Å². The van der Waals surface area contributed by atoms with E-state index in [1.54, 1.807) is 41.0 Å². The molecule has 0 saturated heterocycles. The van der Waals surface area contributed by atoms with E-state index in [1.165, 1.54) is 16.8 Å². The Labute approximate surface area is 184 Å². The van der Waals surface area contributed by atoms with Crippen molar-refractivity contribution in [3.05, 3.63) is 81.8 Å². The van der Waals surface area contributed by atoms with Crippen LogP contribution in [-0.4, -0.2) is 26.2 Å². The molecule has 0 atom stereocenters. The van der Waals surface area contributed by atoms with Crippen LogP contribution >= 0.6 is 0 Å². The second-order valence-corrected chi connectivity index (χ2v) is 7.75. The lowest BCUT2D eigenvalue weighted by atomic mass is 10.1. The van der Waals surface area contributed by atoms with Gasteiger partial charge >= 0.3 is 5.69 Å². The second kappa shape index (κ2) is 9.59. The van der Waals surface area contributed by atoms with Crippen molar-refractivity contribution >= 4 is 17.5 Å². The maximum atomic E-state index is 13.0. The number of aromatic nitrogens is 3. The summed E-state index contributed by atoms with van der Waals surface area (Å²) >= 11 is 0. The van der Waals surface area contributed by atoms with Crippen molar-refractivity contribution < 1.29 is 14.0 Å². The van der Waals surface area contributed by atoms with Crippen molar-refractivity contribution in [1.29, 1.82) is 0 Å². The van der Waals surface area contributed by atoms with Gasteiger partial charge in [0.15, 0.2) is 0 Å². The molecular formula is C23H24FN5O3. The van der Waals surface area contributed by atoms with Gasteiger partial charge in [0, 0.05) is 30.8 Å². The molecule has 0 bridgehead atoms. The van der Waals surface area contributed by atoms with Gasteiger partial charge in [0.25, 0.3) is 5.91 Å². The molecule has 1 aliphatic heterocycles. The van der Waals surface area contributed by atoms with Crippen molar-refractivity contribution in [2.24, 2.45) is 0 Å². The lowest BCUT2D eigenvalue weighted by Crippen LogP contribution is -2.30. The van der Waals surface area contributed by atoms with Crippen LogP contribution in [0.3, 0.4) is 0 Å². The van der Waals surface area contributed by atoms with Gasteiger partial charge in [-0.1, -0.05) is 18.6 Å². The summed E-state index contributed by atoms with van der Waals surface area (Å²) in [7, 11) is 0. The third-order valence-corrected chi connectivity index (χ3v) is 5.37. The number of benzene rings is 2. The fourth-order valence-corrected chi connectivity index (χ4v) is 3.66. The van der Waals surface area contributed by atoms with Gasteiger partial charge in [0.1, 0.15) is 18.2 Å². The van der Waals surface area contributed by atoms with Crippen LogP contribution in [0.4, 0.5) is 10.1 Å². The van der Waals surface area contributed by atoms with E-state index >= 15 is 0 Å². The van der Waals surface area contributed by atoms with Crippen LogP contribution in [0.2, 0.25) is 0 Å². The molecule has 1 aromatic heterocycles. The normalized spacial score (nSPS) is 13.2. The van der Waals surface area contributed by atoms with Crippen LogP contribution in [0.15, 0.2) is 53.3 Å². The Balaban J connectivity index is 1.32. The molecule has 32 heavy (non-hydrogen) atoms. The maximum Gasteiger partial charge on any atom is 0.346 e. The number of nitrogens with zero attached hydrogens (tertiary/aromatic N) is 3. The largest absolute Gasteiger partial charge is 0.348 e. The van der Waals surface area contributed by atoms with Gasteiger partial charge in [-0.25, -0.2) is 13.9 Å². The number of hydrogen-bond donors (Lipinski definition) is 2. The van der Waals surface area contributed by atoms with Crippen LogP contribution in [0.1, 0.15) is 41.0 Å². The third kappa shape index (κ3) is 5.11. The molecule has 0 spiro atoms. The summed E-state index contributed by atoms with van der Waals surface area (Å²) in [6.07, 6.45) is 3.75. The van der Waals surface area contributed by atoms with Crippen molar-refractivity contribution in [1.82, 2.24) is 19.7 Å². The Morgan fingerprint density at radius 3 is 2.50 bits per heavy atom. The van der Waals surface area contributed by atoms with Crippen LogP contribution in [0.5, 0.6) is 0 Å². The summed E-state index contributed by atoms with van der Waals surface area (Å²) in [5.74, 6) is -0.242. The monoisotopic (exact) mass is 437 g/mol. The number of fused-ring (bicyclic) bond motifs is 1. The number of hydrogen-bond acceptors (Lipinski definition) is 4. The fourth-order valence-electron chi connectivity index (χ4n) is 3.66. The average Bonchev–Trinajstić information content (AvgIpc) is 2.94. The predicted octanol–water partition coefficient (Wildman–Crippen LogP) is 2.48. The Bertz CT molecular complexity index is 1170. The predicted molar refractivity (Wildman–Crippen MR) is 117 cm³/mol. The van der Waals surface area contributed by atoms with E-state index < -0.39 is 0 Å². The fraction of sp³-hybridized carbons (Fsp3) is 0.304. The first-order chi connectivity index (χ1) is 15.5. The zero-order chi connectivity index (χ0) is 22.5. The molecular weight excluding hydrogens is 413 g/mol. The summed E-state index contributed by atoms with van der Waals surface area (Å²) < 4.78 is 15.8. The molecule has 3 aromatic rings. The van der Waals surface area contributed by atoms with E-state index in [0.717, 1.165) is 37.1 Å². The zero-order valence-electron chi connectivity index (χ0n) is 17.5. The van der Waals surface area contributed by atoms with Crippen LogP contribution in [-0.2, 0) is 30.8 Å². The molecule has 0 radical (unpaired) electrons. The smallest absolute Gasteiger partial charge is 0.346 e. The number of carbonyl (C=O) groups excluding carboxylic acids is 2. The molecule has 0 unspecified atom stereocenters. The Morgan fingerprint density at radius 2 is 1.75 bits per heavy atom. The van der Waals surface area contributed by atoms with Crippen molar-refractivity contribution in [3.63, 3.8) is 0 Å². The number of anilines is 1. The quantitative estimate of drug-likeness (QED) is 0.619. The second-order valence-electron chi connectivity index (χ2n) is 7.75. The standard InChI is InChI=1S/C23H24FN5O3/c24-18-9-5-16(6-10-18)14-25-22(31)17-7-11-19(12-8-17)26-21(30)15-29-23(32)28-13-3-1-2-4-20(28)27-29/h5-12H,1-4,13-15H2,(H,25,31)(H,26,30). The SMILES string of the molecule is O=C(Cn1nc2n(c1=O)CCCCC2)Nc1ccc(C(=O)NCc2ccc(F)cc2)cc1. The van der Waals surface area contributed by atoms with Gasteiger partial charge in [-0.05, 0) is 54.8 Å². The van der Waals surface area contributed by atoms with Gasteiger partial charge < -0.3 is 10.6 Å². The van der Waals surface area contributed by atoms with Crippen molar-refractivity contribution in [2.45, 2.75) is 45.3 Å². The lowest BCUT2D eigenvalue weighted by molar-refractivity contribution is -0.117. The molecule has 2 amide bonds. The summed E-state index contributed by atoms with van der Waals surface area (Å²) in [5, 5.41) is 9.80. The molecule has 166 valence electrons. The summed E-state index contributed by atoms with van der Waals surface area (Å²) in [6, 6.07) is 12.3. The van der Waals surface area contributed by atoms with Gasteiger partial charge in [-0.2, -0.15) is 5.10 Å². The minimum absolute atomic E-state index is 0.168. The molecule has 0 saturated carbocycles. The highest BCUT2D eigenvalue weighted by Gasteiger charge is 2.17. The lowest BCUT2D eigenvalue weighted by Gasteiger charge is -2.08. The molecule has 2 heterocycles. The molecule has 2 aromatic carbocycles. The van der Waals surface area contributed by atoms with Gasteiger partial charge in [0.05, 0.1) is 0 Å². The van der Waals surface area contributed by atoms with Crippen molar-refractivity contribution in [3.8, 4) is 0 Å². The first-order valence-electron chi connectivity index (χ1n) is 10.6. The zero-order valence-corrected chi connectivity index (χ0v) is 17.5. The van der Waals surface area contributed by atoms with Crippen molar-refractivity contribution in [2.75, 3.05) is 5.32 Å².